The molecule has 0 saturated heterocycles. The van der Waals surface area contributed by atoms with Crippen molar-refractivity contribution in [2.75, 3.05) is 0 Å². The van der Waals surface area contributed by atoms with Gasteiger partial charge in [0.15, 0.2) is 0 Å². The quantitative estimate of drug-likeness (QED) is 0.210. The molecule has 7 rings (SSSR count). The zero-order valence-electron chi connectivity index (χ0n) is 26.0. The SMILES string of the molecule is Cn1c(=O)n(-c2ccc(CC(NC(c3ccccc3)(c3ccccc3)c3ccccc3)C(=O)O)c3cccnc23)c(=O)c2cnccc21. The molecule has 4 aromatic carbocycles. The summed E-state index contributed by atoms with van der Waals surface area (Å²) in [6.45, 7) is 0. The Morgan fingerprint density at radius 2 is 1.38 bits per heavy atom. The molecule has 236 valence electrons. The van der Waals surface area contributed by atoms with Gasteiger partial charge in [0.25, 0.3) is 5.56 Å². The highest BCUT2D eigenvalue weighted by molar-refractivity contribution is 5.90. The number of rotatable bonds is 9. The lowest BCUT2D eigenvalue weighted by molar-refractivity contribution is -0.139. The van der Waals surface area contributed by atoms with Crippen molar-refractivity contribution in [2.24, 2.45) is 7.05 Å². The van der Waals surface area contributed by atoms with E-state index < -0.39 is 28.8 Å². The van der Waals surface area contributed by atoms with Gasteiger partial charge in [-0.1, -0.05) is 103 Å². The first-order valence-corrected chi connectivity index (χ1v) is 15.5. The van der Waals surface area contributed by atoms with Crippen LogP contribution in [0.3, 0.4) is 0 Å². The van der Waals surface area contributed by atoms with Crippen molar-refractivity contribution in [2.45, 2.75) is 18.0 Å². The topological polar surface area (TPSA) is 119 Å². The predicted octanol–water partition coefficient (Wildman–Crippen LogP) is 5.21. The molecule has 1 unspecified atom stereocenters. The highest BCUT2D eigenvalue weighted by Gasteiger charge is 2.40. The van der Waals surface area contributed by atoms with Crippen molar-refractivity contribution in [3.8, 4) is 5.69 Å². The normalized spacial score (nSPS) is 12.3. The summed E-state index contributed by atoms with van der Waals surface area (Å²) in [6.07, 6.45) is 4.65. The Labute approximate surface area is 275 Å². The Hall–Kier alpha value is -6.19. The molecule has 9 nitrogen and oxygen atoms in total. The molecule has 9 heteroatoms. The largest absolute Gasteiger partial charge is 0.480 e. The van der Waals surface area contributed by atoms with Crippen molar-refractivity contribution in [1.82, 2.24) is 24.4 Å². The summed E-state index contributed by atoms with van der Waals surface area (Å²) in [5.41, 5.74) is 2.48. The van der Waals surface area contributed by atoms with Crippen LogP contribution in [0.4, 0.5) is 0 Å². The first kappa shape index (κ1) is 30.5. The molecule has 0 bridgehead atoms. The molecule has 0 spiro atoms. The van der Waals surface area contributed by atoms with Crippen molar-refractivity contribution in [1.29, 1.82) is 0 Å². The number of nitrogens with one attached hydrogen (secondary N) is 1. The average molecular weight is 634 g/mol. The van der Waals surface area contributed by atoms with Gasteiger partial charge in [-0.2, -0.15) is 0 Å². The highest BCUT2D eigenvalue weighted by atomic mass is 16.4. The van der Waals surface area contributed by atoms with Crippen LogP contribution in [0.2, 0.25) is 0 Å². The van der Waals surface area contributed by atoms with E-state index in [-0.39, 0.29) is 6.42 Å². The van der Waals surface area contributed by atoms with Gasteiger partial charge in [0.1, 0.15) is 6.04 Å². The lowest BCUT2D eigenvalue weighted by atomic mass is 9.76. The van der Waals surface area contributed by atoms with Crippen LogP contribution in [-0.4, -0.2) is 36.2 Å². The number of fused-ring (bicyclic) bond motifs is 2. The summed E-state index contributed by atoms with van der Waals surface area (Å²) in [5, 5.41) is 15.3. The van der Waals surface area contributed by atoms with Gasteiger partial charge in [-0.15, -0.1) is 0 Å². The predicted molar refractivity (Wildman–Crippen MR) is 185 cm³/mol. The second-order valence-corrected chi connectivity index (χ2v) is 11.6. The molecule has 7 aromatic rings. The third kappa shape index (κ3) is 5.16. The summed E-state index contributed by atoms with van der Waals surface area (Å²) in [6, 6.07) is 37.0. The molecule has 48 heavy (non-hydrogen) atoms. The maximum absolute atomic E-state index is 13.7. The zero-order chi connectivity index (χ0) is 33.3. The van der Waals surface area contributed by atoms with Gasteiger partial charge < -0.3 is 5.11 Å². The molecule has 2 N–H and O–H groups in total. The molecule has 0 aliphatic heterocycles. The monoisotopic (exact) mass is 633 g/mol. The third-order valence-corrected chi connectivity index (χ3v) is 8.88. The number of carboxylic acid groups (broad SMARTS) is 1. The van der Waals surface area contributed by atoms with Crippen molar-refractivity contribution in [3.05, 3.63) is 183 Å². The summed E-state index contributed by atoms with van der Waals surface area (Å²) in [4.78, 5) is 49.1. The van der Waals surface area contributed by atoms with Crippen LogP contribution in [0.15, 0.2) is 150 Å². The van der Waals surface area contributed by atoms with Gasteiger partial charge in [-0.25, -0.2) is 9.36 Å². The standard InChI is InChI=1S/C39H31N5O4/c1-43-33-21-23-40-25-31(33)36(45)44(38(43)48)34-20-19-26(30-18-11-22-41-35(30)34)24-32(37(46)47)42-39(27-12-5-2-6-13-27,28-14-7-3-8-15-28)29-16-9-4-10-17-29/h2-23,25,32,42H,24H2,1H3,(H,46,47). The molecule has 3 aromatic heterocycles. The number of aromatic nitrogens is 4. The van der Waals surface area contributed by atoms with E-state index >= 15 is 0 Å². The molecule has 0 aliphatic rings. The second-order valence-electron chi connectivity index (χ2n) is 11.6. The number of nitrogens with zero attached hydrogens (tertiary/aromatic N) is 4. The lowest BCUT2D eigenvalue weighted by Crippen LogP contribution is -2.53. The minimum Gasteiger partial charge on any atom is -0.480 e. The lowest BCUT2D eigenvalue weighted by Gasteiger charge is -2.39. The van der Waals surface area contributed by atoms with Crippen LogP contribution in [0.5, 0.6) is 0 Å². The number of hydrogen-bond donors (Lipinski definition) is 2. The molecule has 1 atom stereocenters. The fourth-order valence-electron chi connectivity index (χ4n) is 6.59. The Morgan fingerprint density at radius 3 is 1.96 bits per heavy atom. The maximum atomic E-state index is 13.7. The van der Waals surface area contributed by atoms with Crippen LogP contribution in [-0.2, 0) is 23.8 Å². The van der Waals surface area contributed by atoms with Gasteiger partial charge >= 0.3 is 11.7 Å². The fraction of sp³-hybridized carbons (Fsp3) is 0.103. The average Bonchev–Trinajstić information content (AvgIpc) is 3.14. The number of aliphatic carboxylic acids is 1. The van der Waals surface area contributed by atoms with E-state index in [2.05, 4.69) is 15.3 Å². The Morgan fingerprint density at radius 1 is 0.771 bits per heavy atom. The number of benzene rings is 4. The summed E-state index contributed by atoms with van der Waals surface area (Å²) in [5.74, 6) is -1.03. The first-order chi connectivity index (χ1) is 23.4. The molecule has 3 heterocycles. The molecule has 0 amide bonds. The molecule has 0 saturated carbocycles. The van der Waals surface area contributed by atoms with Crippen LogP contribution >= 0.6 is 0 Å². The Kier molecular flexibility index (Phi) is 7.96. The van der Waals surface area contributed by atoms with E-state index in [9.17, 15) is 19.5 Å². The van der Waals surface area contributed by atoms with E-state index in [1.165, 1.54) is 17.0 Å². The number of aryl methyl sites for hydroxylation is 1. The molecule has 0 aliphatic carbocycles. The minimum atomic E-state index is -1.07. The van der Waals surface area contributed by atoms with Gasteiger partial charge in [-0.05, 0) is 46.9 Å². The van der Waals surface area contributed by atoms with Crippen molar-refractivity contribution in [3.63, 3.8) is 0 Å². The van der Waals surface area contributed by atoms with Crippen molar-refractivity contribution >= 4 is 27.8 Å². The zero-order valence-corrected chi connectivity index (χ0v) is 26.0. The number of hydrogen-bond acceptors (Lipinski definition) is 6. The van der Waals surface area contributed by atoms with Crippen LogP contribution in [0, 0.1) is 0 Å². The first-order valence-electron chi connectivity index (χ1n) is 15.5. The summed E-state index contributed by atoms with van der Waals surface area (Å²) >= 11 is 0. The van der Waals surface area contributed by atoms with Gasteiger partial charge in [0, 0.05) is 31.0 Å². The highest BCUT2D eigenvalue weighted by Crippen LogP contribution is 2.38. The van der Waals surface area contributed by atoms with Gasteiger partial charge in [-0.3, -0.25) is 29.4 Å². The van der Waals surface area contributed by atoms with E-state index in [4.69, 9.17) is 0 Å². The molecule has 0 radical (unpaired) electrons. The van der Waals surface area contributed by atoms with Crippen LogP contribution in [0.25, 0.3) is 27.5 Å². The number of carbonyl (C=O) groups is 1. The summed E-state index contributed by atoms with van der Waals surface area (Å²) in [7, 11) is 1.60. The van der Waals surface area contributed by atoms with Crippen LogP contribution in [0.1, 0.15) is 22.3 Å². The maximum Gasteiger partial charge on any atom is 0.335 e. The Bertz CT molecular complexity index is 2290. The van der Waals surface area contributed by atoms with E-state index in [0.717, 1.165) is 21.3 Å². The third-order valence-electron chi connectivity index (χ3n) is 8.88. The van der Waals surface area contributed by atoms with E-state index in [1.807, 2.05) is 97.1 Å². The van der Waals surface area contributed by atoms with E-state index in [0.29, 0.717) is 33.1 Å². The second kappa shape index (κ2) is 12.5. The fourth-order valence-corrected chi connectivity index (χ4v) is 6.59. The number of carboxylic acids is 1. The smallest absolute Gasteiger partial charge is 0.335 e. The van der Waals surface area contributed by atoms with Gasteiger partial charge in [0.05, 0.1) is 27.6 Å². The van der Waals surface area contributed by atoms with Gasteiger partial charge in [0.2, 0.25) is 0 Å². The van der Waals surface area contributed by atoms with Crippen LogP contribution < -0.4 is 16.6 Å². The molecular weight excluding hydrogens is 602 g/mol. The summed E-state index contributed by atoms with van der Waals surface area (Å²) < 4.78 is 2.50. The van der Waals surface area contributed by atoms with Crippen molar-refractivity contribution < 1.29 is 9.90 Å². The molecular formula is C39H31N5O4. The Balaban J connectivity index is 1.38. The van der Waals surface area contributed by atoms with E-state index in [1.54, 1.807) is 37.5 Å². The molecule has 0 fully saturated rings. The number of pyridine rings is 2. The minimum absolute atomic E-state index is 0.0839.